The van der Waals surface area contributed by atoms with E-state index in [0.29, 0.717) is 0 Å². The van der Waals surface area contributed by atoms with E-state index in [-0.39, 0.29) is 0 Å². The maximum absolute atomic E-state index is 8.57. The molecule has 0 saturated carbocycles. The molecule has 2 N–H and O–H groups in total. The number of hydrogen-bond acceptors (Lipinski definition) is 2. The Bertz CT molecular complexity index is 282. The minimum Gasteiger partial charge on any atom is -0.424 e. The molecule has 1 aromatic rings. The van der Waals surface area contributed by atoms with Crippen LogP contribution >= 0.6 is 0 Å². The molecule has 0 bridgehead atoms. The molecule has 12 heavy (non-hydrogen) atoms. The van der Waals surface area contributed by atoms with Crippen molar-refractivity contribution in [2.75, 3.05) is 0 Å². The van der Waals surface area contributed by atoms with Gasteiger partial charge < -0.3 is 10.0 Å². The van der Waals surface area contributed by atoms with Crippen LogP contribution in [0.25, 0.3) is 6.08 Å². The third-order valence-electron chi connectivity index (χ3n) is 1.64. The van der Waals surface area contributed by atoms with Gasteiger partial charge in [0.05, 0.1) is 0 Å². The van der Waals surface area contributed by atoms with Crippen molar-refractivity contribution in [1.29, 1.82) is 0 Å². The fourth-order valence-corrected chi connectivity index (χ4v) is 0.964. The van der Waals surface area contributed by atoms with Crippen LogP contribution in [0.1, 0.15) is 11.1 Å². The molecule has 0 aliphatic rings. The van der Waals surface area contributed by atoms with Crippen molar-refractivity contribution < 1.29 is 10.0 Å². The van der Waals surface area contributed by atoms with Gasteiger partial charge in [0.25, 0.3) is 0 Å². The molecule has 1 aromatic carbocycles. The molecular formula is C9H11BO2. The Kier molecular flexibility index (Phi) is 3.08. The topological polar surface area (TPSA) is 40.5 Å². The third-order valence-corrected chi connectivity index (χ3v) is 1.64. The van der Waals surface area contributed by atoms with Crippen molar-refractivity contribution in [3.05, 3.63) is 41.4 Å². The first-order valence-electron chi connectivity index (χ1n) is 3.80. The number of hydrogen-bond donors (Lipinski definition) is 2. The number of benzene rings is 1. The lowest BCUT2D eigenvalue weighted by atomic mass is 9.90. The third kappa shape index (κ3) is 2.53. The maximum Gasteiger partial charge on any atom is 0.480 e. The molecular weight excluding hydrogens is 151 g/mol. The van der Waals surface area contributed by atoms with Crippen LogP contribution in [0.15, 0.2) is 30.2 Å². The van der Waals surface area contributed by atoms with Gasteiger partial charge in [0, 0.05) is 0 Å². The SMILES string of the molecule is Cc1ccccc1C=CB(O)O. The summed E-state index contributed by atoms with van der Waals surface area (Å²) in [5.41, 5.74) is 2.13. The van der Waals surface area contributed by atoms with Crippen molar-refractivity contribution in [3.63, 3.8) is 0 Å². The molecule has 0 aliphatic carbocycles. The fourth-order valence-electron chi connectivity index (χ4n) is 0.964. The Morgan fingerprint density at radius 3 is 2.50 bits per heavy atom. The van der Waals surface area contributed by atoms with Crippen LogP contribution in [-0.2, 0) is 0 Å². The van der Waals surface area contributed by atoms with Gasteiger partial charge in [-0.3, -0.25) is 0 Å². The van der Waals surface area contributed by atoms with Crippen molar-refractivity contribution >= 4 is 13.2 Å². The Morgan fingerprint density at radius 1 is 1.25 bits per heavy atom. The van der Waals surface area contributed by atoms with E-state index in [1.807, 2.05) is 31.2 Å². The average molecular weight is 162 g/mol. The van der Waals surface area contributed by atoms with Gasteiger partial charge in [-0.25, -0.2) is 0 Å². The summed E-state index contributed by atoms with van der Waals surface area (Å²) in [6, 6.07) is 7.76. The molecule has 0 aromatic heterocycles. The molecule has 62 valence electrons. The summed E-state index contributed by atoms with van der Waals surface area (Å²) in [6.07, 6.45) is 1.69. The van der Waals surface area contributed by atoms with E-state index in [4.69, 9.17) is 10.0 Å². The molecule has 0 fully saturated rings. The predicted octanol–water partition coefficient (Wildman–Crippen LogP) is 1.02. The van der Waals surface area contributed by atoms with Crippen LogP contribution in [0, 0.1) is 6.92 Å². The Labute approximate surface area is 72.3 Å². The monoisotopic (exact) mass is 162 g/mol. The van der Waals surface area contributed by atoms with Crippen molar-refractivity contribution in [2.24, 2.45) is 0 Å². The van der Waals surface area contributed by atoms with Crippen LogP contribution in [-0.4, -0.2) is 17.2 Å². The van der Waals surface area contributed by atoms with Gasteiger partial charge in [0.15, 0.2) is 0 Å². The first-order chi connectivity index (χ1) is 5.70. The highest BCUT2D eigenvalue weighted by Gasteiger charge is 1.98. The lowest BCUT2D eigenvalue weighted by molar-refractivity contribution is 0.424. The summed E-state index contributed by atoms with van der Waals surface area (Å²) in [5.74, 6) is 1.34. The lowest BCUT2D eigenvalue weighted by Gasteiger charge is -1.97. The molecule has 1 rings (SSSR count). The van der Waals surface area contributed by atoms with Crippen LogP contribution in [0.3, 0.4) is 0 Å². The zero-order valence-electron chi connectivity index (χ0n) is 6.94. The quantitative estimate of drug-likeness (QED) is 0.637. The normalized spacial score (nSPS) is 10.6. The van der Waals surface area contributed by atoms with Crippen molar-refractivity contribution in [2.45, 2.75) is 6.92 Å². The van der Waals surface area contributed by atoms with Crippen molar-refractivity contribution in [1.82, 2.24) is 0 Å². The number of rotatable bonds is 2. The van der Waals surface area contributed by atoms with Gasteiger partial charge in [-0.2, -0.15) is 0 Å². The smallest absolute Gasteiger partial charge is 0.424 e. The number of aryl methyl sites for hydroxylation is 1. The highest BCUT2D eigenvalue weighted by Crippen LogP contribution is 2.08. The first kappa shape index (κ1) is 9.04. The molecule has 0 unspecified atom stereocenters. The highest BCUT2D eigenvalue weighted by atomic mass is 16.4. The molecule has 2 nitrogen and oxygen atoms in total. The summed E-state index contributed by atoms with van der Waals surface area (Å²) in [4.78, 5) is 0. The van der Waals surface area contributed by atoms with E-state index < -0.39 is 7.12 Å². The molecule has 0 spiro atoms. The Hall–Kier alpha value is -1.06. The zero-order chi connectivity index (χ0) is 8.97. The minimum absolute atomic E-state index is 1.01. The van der Waals surface area contributed by atoms with Crippen LogP contribution in [0.2, 0.25) is 0 Å². The molecule has 0 amide bonds. The lowest BCUT2D eigenvalue weighted by Crippen LogP contribution is -2.05. The average Bonchev–Trinajstić information content (AvgIpc) is 2.03. The van der Waals surface area contributed by atoms with E-state index in [0.717, 1.165) is 11.1 Å². The summed E-state index contributed by atoms with van der Waals surface area (Å²) in [5, 5.41) is 17.1. The second-order valence-electron chi connectivity index (χ2n) is 2.63. The highest BCUT2D eigenvalue weighted by molar-refractivity contribution is 6.48. The zero-order valence-corrected chi connectivity index (χ0v) is 6.94. The van der Waals surface area contributed by atoms with Gasteiger partial charge in [0.2, 0.25) is 0 Å². The summed E-state index contributed by atoms with van der Waals surface area (Å²) in [7, 11) is -1.37. The first-order valence-corrected chi connectivity index (χ1v) is 3.80. The van der Waals surface area contributed by atoms with Gasteiger partial charge in [-0.05, 0) is 18.1 Å². The van der Waals surface area contributed by atoms with E-state index >= 15 is 0 Å². The standard InChI is InChI=1S/C9H11BO2/c1-8-4-2-3-5-9(8)6-7-10(11)12/h2-7,11-12H,1H3. The van der Waals surface area contributed by atoms with E-state index in [1.165, 1.54) is 5.98 Å². The molecule has 0 atom stereocenters. The van der Waals surface area contributed by atoms with Crippen molar-refractivity contribution in [3.8, 4) is 0 Å². The Balaban J connectivity index is 2.82. The van der Waals surface area contributed by atoms with Gasteiger partial charge in [0.1, 0.15) is 0 Å². The molecule has 0 radical (unpaired) electrons. The molecule has 3 heteroatoms. The van der Waals surface area contributed by atoms with Crippen LogP contribution in [0.4, 0.5) is 0 Å². The molecule has 0 aliphatic heterocycles. The van der Waals surface area contributed by atoms with Crippen LogP contribution in [0.5, 0.6) is 0 Å². The predicted molar refractivity (Wildman–Crippen MR) is 50.4 cm³/mol. The fraction of sp³-hybridized carbons (Fsp3) is 0.111. The van der Waals surface area contributed by atoms with E-state index in [9.17, 15) is 0 Å². The van der Waals surface area contributed by atoms with E-state index in [2.05, 4.69) is 0 Å². The second-order valence-corrected chi connectivity index (χ2v) is 2.63. The summed E-state index contributed by atoms with van der Waals surface area (Å²) >= 11 is 0. The van der Waals surface area contributed by atoms with Gasteiger partial charge >= 0.3 is 7.12 Å². The Morgan fingerprint density at radius 2 is 1.92 bits per heavy atom. The molecule has 0 heterocycles. The summed E-state index contributed by atoms with van der Waals surface area (Å²) in [6.45, 7) is 1.98. The minimum atomic E-state index is -1.37. The molecule has 0 saturated heterocycles. The summed E-state index contributed by atoms with van der Waals surface area (Å²) < 4.78 is 0. The van der Waals surface area contributed by atoms with Crippen LogP contribution < -0.4 is 0 Å². The van der Waals surface area contributed by atoms with E-state index in [1.54, 1.807) is 6.08 Å². The second kappa shape index (κ2) is 4.09. The van der Waals surface area contributed by atoms with Gasteiger partial charge in [-0.15, -0.1) is 0 Å². The van der Waals surface area contributed by atoms with Gasteiger partial charge in [-0.1, -0.05) is 36.3 Å². The maximum atomic E-state index is 8.57. The largest absolute Gasteiger partial charge is 0.480 e.